The molecule has 114 valence electrons. The molecule has 0 aliphatic heterocycles. The van der Waals surface area contributed by atoms with Crippen LogP contribution < -0.4 is 10.1 Å². The van der Waals surface area contributed by atoms with Gasteiger partial charge in [-0.05, 0) is 43.2 Å². The summed E-state index contributed by atoms with van der Waals surface area (Å²) in [6.07, 6.45) is 1.70. The number of hydrogen-bond acceptors (Lipinski definition) is 3. The third-order valence-corrected chi connectivity index (χ3v) is 3.91. The van der Waals surface area contributed by atoms with Crippen LogP contribution >= 0.6 is 11.6 Å². The number of benzene rings is 1. The molecule has 3 nitrogen and oxygen atoms in total. The first kappa shape index (κ1) is 15.9. The summed E-state index contributed by atoms with van der Waals surface area (Å²) in [6, 6.07) is 6.29. The van der Waals surface area contributed by atoms with Crippen LogP contribution in [0.5, 0.6) is 5.75 Å². The fraction of sp³-hybridized carbons (Fsp3) is 0.412. The van der Waals surface area contributed by atoms with E-state index in [2.05, 4.69) is 19.2 Å². The molecule has 2 rings (SSSR count). The van der Waals surface area contributed by atoms with Gasteiger partial charge in [-0.2, -0.15) is 0 Å². The molecule has 21 heavy (non-hydrogen) atoms. The summed E-state index contributed by atoms with van der Waals surface area (Å²) < 4.78 is 11.4. The second kappa shape index (κ2) is 7.01. The summed E-state index contributed by atoms with van der Waals surface area (Å²) in [4.78, 5) is 0. The highest BCUT2D eigenvalue weighted by atomic mass is 35.5. The lowest BCUT2D eigenvalue weighted by atomic mass is 10.1. The van der Waals surface area contributed by atoms with Crippen molar-refractivity contribution in [2.75, 3.05) is 0 Å². The number of nitrogens with one attached hydrogen (secondary N) is 1. The van der Waals surface area contributed by atoms with Crippen molar-refractivity contribution < 1.29 is 9.15 Å². The zero-order valence-electron chi connectivity index (χ0n) is 13.0. The third-order valence-electron chi connectivity index (χ3n) is 3.31. The van der Waals surface area contributed by atoms with Crippen LogP contribution in [-0.4, -0.2) is 6.04 Å². The maximum Gasteiger partial charge on any atom is 0.124 e. The summed E-state index contributed by atoms with van der Waals surface area (Å²) in [6.45, 7) is 9.39. The Kier molecular flexibility index (Phi) is 5.32. The van der Waals surface area contributed by atoms with E-state index >= 15 is 0 Å². The van der Waals surface area contributed by atoms with Crippen molar-refractivity contribution in [3.8, 4) is 5.75 Å². The lowest BCUT2D eigenvalue weighted by Crippen LogP contribution is -2.22. The summed E-state index contributed by atoms with van der Waals surface area (Å²) in [5.41, 5.74) is 3.12. The Morgan fingerprint density at radius 2 is 1.90 bits per heavy atom. The summed E-state index contributed by atoms with van der Waals surface area (Å²) in [5, 5.41) is 4.14. The van der Waals surface area contributed by atoms with Crippen molar-refractivity contribution in [3.05, 3.63) is 51.9 Å². The van der Waals surface area contributed by atoms with Gasteiger partial charge in [-0.15, -0.1) is 0 Å². The van der Waals surface area contributed by atoms with Gasteiger partial charge in [0.2, 0.25) is 0 Å². The van der Waals surface area contributed by atoms with E-state index in [4.69, 9.17) is 20.8 Å². The highest BCUT2D eigenvalue weighted by Gasteiger charge is 2.09. The SMILES string of the molecule is Cc1cc(OCc2ccoc2CNC(C)C)cc(C)c1Cl. The average Bonchev–Trinajstić information content (AvgIpc) is 2.87. The van der Waals surface area contributed by atoms with Crippen molar-refractivity contribution in [2.45, 2.75) is 46.9 Å². The van der Waals surface area contributed by atoms with E-state index in [-0.39, 0.29) is 0 Å². The molecular formula is C17H22ClNO2. The molecule has 0 saturated heterocycles. The van der Waals surface area contributed by atoms with Gasteiger partial charge >= 0.3 is 0 Å². The Morgan fingerprint density at radius 3 is 2.52 bits per heavy atom. The summed E-state index contributed by atoms with van der Waals surface area (Å²) in [7, 11) is 0. The Morgan fingerprint density at radius 1 is 1.24 bits per heavy atom. The van der Waals surface area contributed by atoms with Crippen molar-refractivity contribution >= 4 is 11.6 Å². The highest BCUT2D eigenvalue weighted by molar-refractivity contribution is 6.32. The normalized spacial score (nSPS) is 11.1. The van der Waals surface area contributed by atoms with Crippen molar-refractivity contribution in [1.82, 2.24) is 5.32 Å². The molecule has 1 aromatic heterocycles. The Balaban J connectivity index is 2.02. The number of hydrogen-bond donors (Lipinski definition) is 1. The minimum absolute atomic E-state index is 0.422. The van der Waals surface area contributed by atoms with Gasteiger partial charge in [-0.1, -0.05) is 25.4 Å². The van der Waals surface area contributed by atoms with Gasteiger partial charge in [0.1, 0.15) is 18.1 Å². The van der Waals surface area contributed by atoms with E-state index in [0.29, 0.717) is 19.2 Å². The second-order valence-electron chi connectivity index (χ2n) is 5.56. The summed E-state index contributed by atoms with van der Waals surface area (Å²) in [5.74, 6) is 1.75. The van der Waals surface area contributed by atoms with E-state index in [1.807, 2.05) is 32.0 Å². The fourth-order valence-corrected chi connectivity index (χ4v) is 2.21. The van der Waals surface area contributed by atoms with Crippen LogP contribution in [0.2, 0.25) is 5.02 Å². The molecular weight excluding hydrogens is 286 g/mol. The van der Waals surface area contributed by atoms with Crippen molar-refractivity contribution in [1.29, 1.82) is 0 Å². The largest absolute Gasteiger partial charge is 0.489 e. The molecule has 0 fully saturated rings. The monoisotopic (exact) mass is 307 g/mol. The molecule has 0 bridgehead atoms. The minimum Gasteiger partial charge on any atom is -0.489 e. The predicted octanol–water partition coefficient (Wildman–Crippen LogP) is 4.63. The number of furan rings is 1. The van der Waals surface area contributed by atoms with E-state index < -0.39 is 0 Å². The van der Waals surface area contributed by atoms with Crippen LogP contribution in [0.3, 0.4) is 0 Å². The predicted molar refractivity (Wildman–Crippen MR) is 85.9 cm³/mol. The Labute approximate surface area is 131 Å². The first-order chi connectivity index (χ1) is 9.97. The first-order valence-electron chi connectivity index (χ1n) is 7.15. The molecule has 2 aromatic rings. The number of ether oxygens (including phenoxy) is 1. The van der Waals surface area contributed by atoms with Crippen molar-refractivity contribution in [2.24, 2.45) is 0 Å². The van der Waals surface area contributed by atoms with Gasteiger partial charge in [0, 0.05) is 16.6 Å². The zero-order chi connectivity index (χ0) is 15.4. The zero-order valence-corrected chi connectivity index (χ0v) is 13.8. The van der Waals surface area contributed by atoms with Crippen molar-refractivity contribution in [3.63, 3.8) is 0 Å². The standard InChI is InChI=1S/C17H22ClNO2/c1-11(2)19-9-16-14(5-6-20-16)10-21-15-7-12(3)17(18)13(4)8-15/h5-8,11,19H,9-10H2,1-4H3. The highest BCUT2D eigenvalue weighted by Crippen LogP contribution is 2.26. The van der Waals surface area contributed by atoms with Crippen LogP contribution in [0.4, 0.5) is 0 Å². The lowest BCUT2D eigenvalue weighted by Gasteiger charge is -2.11. The maximum atomic E-state index is 6.17. The number of rotatable bonds is 6. The molecule has 1 heterocycles. The van der Waals surface area contributed by atoms with E-state index in [1.165, 1.54) is 0 Å². The molecule has 1 N–H and O–H groups in total. The molecule has 0 aliphatic rings. The topological polar surface area (TPSA) is 34.4 Å². The van der Waals surface area contributed by atoms with Gasteiger partial charge < -0.3 is 14.5 Å². The van der Waals surface area contributed by atoms with Crippen LogP contribution in [0, 0.1) is 13.8 Å². The Bertz CT molecular complexity index is 582. The minimum atomic E-state index is 0.422. The van der Waals surface area contributed by atoms with Crippen LogP contribution in [0.1, 0.15) is 36.3 Å². The fourth-order valence-electron chi connectivity index (χ4n) is 2.10. The average molecular weight is 308 g/mol. The first-order valence-corrected chi connectivity index (χ1v) is 7.53. The molecule has 0 amide bonds. The molecule has 0 aliphatic carbocycles. The van der Waals surface area contributed by atoms with Gasteiger partial charge in [-0.25, -0.2) is 0 Å². The molecule has 0 unspecified atom stereocenters. The summed E-state index contributed by atoms with van der Waals surface area (Å²) >= 11 is 6.17. The lowest BCUT2D eigenvalue weighted by molar-refractivity contribution is 0.300. The third kappa shape index (κ3) is 4.26. The van der Waals surface area contributed by atoms with Crippen LogP contribution in [0.15, 0.2) is 28.9 Å². The molecule has 4 heteroatoms. The molecule has 1 aromatic carbocycles. The van der Waals surface area contributed by atoms with E-state index in [1.54, 1.807) is 6.26 Å². The smallest absolute Gasteiger partial charge is 0.124 e. The van der Waals surface area contributed by atoms with Gasteiger partial charge in [0.15, 0.2) is 0 Å². The second-order valence-corrected chi connectivity index (χ2v) is 5.94. The maximum absolute atomic E-state index is 6.17. The van der Waals surface area contributed by atoms with Gasteiger partial charge in [-0.3, -0.25) is 0 Å². The quantitative estimate of drug-likeness (QED) is 0.845. The number of halogens is 1. The van der Waals surface area contributed by atoms with Gasteiger partial charge in [0.05, 0.1) is 12.8 Å². The number of aryl methyl sites for hydroxylation is 2. The van der Waals surface area contributed by atoms with Gasteiger partial charge in [0.25, 0.3) is 0 Å². The molecule has 0 spiro atoms. The molecule has 0 saturated carbocycles. The molecule has 0 radical (unpaired) electrons. The Hall–Kier alpha value is -1.45. The van der Waals surface area contributed by atoms with E-state index in [0.717, 1.165) is 33.2 Å². The van der Waals surface area contributed by atoms with Crippen LogP contribution in [-0.2, 0) is 13.2 Å². The molecule has 0 atom stereocenters. The van der Waals surface area contributed by atoms with E-state index in [9.17, 15) is 0 Å². The van der Waals surface area contributed by atoms with Crippen LogP contribution in [0.25, 0.3) is 0 Å².